The molecular formula is C18H19N3O5S. The molecule has 0 radical (unpaired) electrons. The molecule has 1 saturated heterocycles. The number of carbonyl (C=O) groups is 1. The van der Waals surface area contributed by atoms with Gasteiger partial charge >= 0.3 is 0 Å². The quantitative estimate of drug-likeness (QED) is 0.638. The summed E-state index contributed by atoms with van der Waals surface area (Å²) in [7, 11) is -3.37. The minimum Gasteiger partial charge on any atom is -0.321 e. The predicted molar refractivity (Wildman–Crippen MR) is 103 cm³/mol. The number of nitrogens with zero attached hydrogens (tertiary/aromatic N) is 2. The van der Waals surface area contributed by atoms with Gasteiger partial charge in [-0.2, -0.15) is 0 Å². The number of sulfonamides is 1. The summed E-state index contributed by atoms with van der Waals surface area (Å²) >= 11 is 0. The monoisotopic (exact) mass is 389 g/mol. The van der Waals surface area contributed by atoms with Gasteiger partial charge in [0, 0.05) is 18.2 Å². The van der Waals surface area contributed by atoms with E-state index in [2.05, 4.69) is 5.32 Å². The second-order valence-corrected chi connectivity index (χ2v) is 8.32. The molecule has 2 aromatic rings. The molecule has 0 unspecified atom stereocenters. The van der Waals surface area contributed by atoms with E-state index in [1.54, 1.807) is 31.2 Å². The second kappa shape index (κ2) is 7.36. The number of amides is 1. The Kier molecular flexibility index (Phi) is 5.13. The molecule has 3 rings (SSSR count). The Morgan fingerprint density at radius 2 is 1.93 bits per heavy atom. The topological polar surface area (TPSA) is 110 Å². The fraction of sp³-hybridized carbons (Fsp3) is 0.278. The Hall–Kier alpha value is -2.94. The molecule has 0 aromatic heterocycles. The van der Waals surface area contributed by atoms with Gasteiger partial charge in [0.05, 0.1) is 27.6 Å². The van der Waals surface area contributed by atoms with Crippen molar-refractivity contribution in [1.29, 1.82) is 0 Å². The molecule has 0 saturated carbocycles. The summed E-state index contributed by atoms with van der Waals surface area (Å²) in [6.07, 6.45) is 1.40. The first kappa shape index (κ1) is 18.8. The SMILES string of the molecule is Cc1c(NC(=O)c2cccc(N3CCCCS3(=O)=O)c2)cccc1[N+](=O)[O-]. The molecule has 142 valence electrons. The maximum Gasteiger partial charge on any atom is 0.274 e. The molecule has 9 heteroatoms. The van der Waals surface area contributed by atoms with Crippen LogP contribution in [0, 0.1) is 17.0 Å². The molecule has 8 nitrogen and oxygen atoms in total. The van der Waals surface area contributed by atoms with Crippen LogP contribution < -0.4 is 9.62 Å². The van der Waals surface area contributed by atoms with Crippen molar-refractivity contribution in [3.05, 3.63) is 63.7 Å². The fourth-order valence-corrected chi connectivity index (χ4v) is 4.66. The number of benzene rings is 2. The van der Waals surface area contributed by atoms with Crippen LogP contribution >= 0.6 is 0 Å². The Balaban J connectivity index is 1.87. The first-order valence-electron chi connectivity index (χ1n) is 8.45. The zero-order valence-electron chi connectivity index (χ0n) is 14.7. The van der Waals surface area contributed by atoms with E-state index < -0.39 is 20.9 Å². The lowest BCUT2D eigenvalue weighted by atomic mass is 10.1. The van der Waals surface area contributed by atoms with Crippen molar-refractivity contribution in [2.45, 2.75) is 19.8 Å². The first-order chi connectivity index (χ1) is 12.8. The summed E-state index contributed by atoms with van der Waals surface area (Å²) in [5.74, 6) is -0.370. The van der Waals surface area contributed by atoms with Crippen LogP contribution in [0.25, 0.3) is 0 Å². The van der Waals surface area contributed by atoms with Crippen LogP contribution in [0.4, 0.5) is 17.1 Å². The molecule has 0 bridgehead atoms. The van der Waals surface area contributed by atoms with Gasteiger partial charge in [-0.15, -0.1) is 0 Å². The average molecular weight is 389 g/mol. The molecule has 1 aliphatic rings. The van der Waals surface area contributed by atoms with E-state index in [-0.39, 0.29) is 17.0 Å². The molecule has 1 N–H and O–H groups in total. The van der Waals surface area contributed by atoms with Crippen LogP contribution in [-0.4, -0.2) is 31.5 Å². The molecule has 2 aromatic carbocycles. The van der Waals surface area contributed by atoms with E-state index in [1.807, 2.05) is 0 Å². The highest BCUT2D eigenvalue weighted by atomic mass is 32.2. The Morgan fingerprint density at radius 3 is 2.63 bits per heavy atom. The molecule has 1 aliphatic heterocycles. The molecule has 1 amide bonds. The lowest BCUT2D eigenvalue weighted by Crippen LogP contribution is -2.37. The molecule has 1 heterocycles. The second-order valence-electron chi connectivity index (χ2n) is 6.31. The molecule has 27 heavy (non-hydrogen) atoms. The van der Waals surface area contributed by atoms with Crippen molar-refractivity contribution < 1.29 is 18.1 Å². The van der Waals surface area contributed by atoms with Gasteiger partial charge in [0.15, 0.2) is 0 Å². The standard InChI is InChI=1S/C18H19N3O5S/c1-13-16(8-5-9-17(13)21(23)24)19-18(22)14-6-4-7-15(12-14)20-10-2-3-11-27(20,25)26/h4-9,12H,2-3,10-11H2,1H3,(H,19,22). The maximum atomic E-state index is 12.6. The van der Waals surface area contributed by atoms with Crippen LogP contribution in [0.15, 0.2) is 42.5 Å². The Labute approximate surface area is 157 Å². The minimum atomic E-state index is -3.37. The number of nitrogens with one attached hydrogen (secondary N) is 1. The molecule has 0 spiro atoms. The highest BCUT2D eigenvalue weighted by Crippen LogP contribution is 2.27. The van der Waals surface area contributed by atoms with Crippen LogP contribution in [0.5, 0.6) is 0 Å². The van der Waals surface area contributed by atoms with Crippen LogP contribution in [0.1, 0.15) is 28.8 Å². The van der Waals surface area contributed by atoms with Crippen LogP contribution in [0.3, 0.4) is 0 Å². The number of hydrogen-bond donors (Lipinski definition) is 1. The van der Waals surface area contributed by atoms with E-state index in [1.165, 1.54) is 22.5 Å². The summed E-state index contributed by atoms with van der Waals surface area (Å²) in [4.78, 5) is 23.1. The lowest BCUT2D eigenvalue weighted by Gasteiger charge is -2.28. The highest BCUT2D eigenvalue weighted by molar-refractivity contribution is 7.92. The number of nitro benzene ring substituents is 1. The third kappa shape index (κ3) is 3.92. The van der Waals surface area contributed by atoms with Crippen molar-refractivity contribution >= 4 is 33.0 Å². The van der Waals surface area contributed by atoms with Gasteiger partial charge in [-0.25, -0.2) is 8.42 Å². The number of hydrogen-bond acceptors (Lipinski definition) is 5. The van der Waals surface area contributed by atoms with Crippen molar-refractivity contribution in [3.8, 4) is 0 Å². The number of carbonyl (C=O) groups excluding carboxylic acids is 1. The third-order valence-electron chi connectivity index (χ3n) is 4.50. The normalized spacial score (nSPS) is 16.0. The van der Waals surface area contributed by atoms with Gasteiger partial charge in [-0.1, -0.05) is 12.1 Å². The van der Waals surface area contributed by atoms with Gasteiger partial charge in [-0.3, -0.25) is 19.2 Å². The van der Waals surface area contributed by atoms with Gasteiger partial charge < -0.3 is 5.32 Å². The lowest BCUT2D eigenvalue weighted by molar-refractivity contribution is -0.385. The molecule has 0 aliphatic carbocycles. The van der Waals surface area contributed by atoms with E-state index in [4.69, 9.17) is 0 Å². The van der Waals surface area contributed by atoms with Crippen molar-refractivity contribution in [3.63, 3.8) is 0 Å². The number of anilines is 2. The predicted octanol–water partition coefficient (Wildman–Crippen LogP) is 3.09. The van der Waals surface area contributed by atoms with Gasteiger partial charge in [-0.05, 0) is 44.0 Å². The number of rotatable bonds is 4. The Bertz CT molecular complexity index is 1000. The third-order valence-corrected chi connectivity index (χ3v) is 6.37. The van der Waals surface area contributed by atoms with Gasteiger partial charge in [0.2, 0.25) is 10.0 Å². The molecule has 0 atom stereocenters. The average Bonchev–Trinajstić information content (AvgIpc) is 2.63. The summed E-state index contributed by atoms with van der Waals surface area (Å²) in [6.45, 7) is 1.95. The fourth-order valence-electron chi connectivity index (χ4n) is 3.03. The van der Waals surface area contributed by atoms with E-state index in [0.717, 1.165) is 6.42 Å². The molecular weight excluding hydrogens is 370 g/mol. The summed E-state index contributed by atoms with van der Waals surface area (Å²) < 4.78 is 25.8. The van der Waals surface area contributed by atoms with Crippen LogP contribution in [0.2, 0.25) is 0 Å². The smallest absolute Gasteiger partial charge is 0.274 e. The summed E-state index contributed by atoms with van der Waals surface area (Å²) in [6, 6.07) is 10.8. The van der Waals surface area contributed by atoms with E-state index in [9.17, 15) is 23.3 Å². The summed E-state index contributed by atoms with van der Waals surface area (Å²) in [5, 5.41) is 13.7. The zero-order chi connectivity index (χ0) is 19.6. The van der Waals surface area contributed by atoms with Crippen molar-refractivity contribution in [2.75, 3.05) is 21.9 Å². The number of nitro groups is 1. The van der Waals surface area contributed by atoms with Crippen molar-refractivity contribution in [1.82, 2.24) is 0 Å². The van der Waals surface area contributed by atoms with Gasteiger partial charge in [0.25, 0.3) is 11.6 Å². The van der Waals surface area contributed by atoms with E-state index in [0.29, 0.717) is 29.9 Å². The maximum absolute atomic E-state index is 12.6. The van der Waals surface area contributed by atoms with E-state index >= 15 is 0 Å². The van der Waals surface area contributed by atoms with Crippen molar-refractivity contribution in [2.24, 2.45) is 0 Å². The zero-order valence-corrected chi connectivity index (χ0v) is 15.5. The highest BCUT2D eigenvalue weighted by Gasteiger charge is 2.26. The molecule has 1 fully saturated rings. The van der Waals surface area contributed by atoms with Gasteiger partial charge in [0.1, 0.15) is 0 Å². The summed E-state index contributed by atoms with van der Waals surface area (Å²) in [5.41, 5.74) is 1.33. The van der Waals surface area contributed by atoms with Crippen LogP contribution in [-0.2, 0) is 10.0 Å². The largest absolute Gasteiger partial charge is 0.321 e. The first-order valence-corrected chi connectivity index (χ1v) is 10.1. The minimum absolute atomic E-state index is 0.0824. The Morgan fingerprint density at radius 1 is 1.19 bits per heavy atom.